The smallest absolute Gasteiger partial charge is 0.190 e. The van der Waals surface area contributed by atoms with Gasteiger partial charge in [0.2, 0.25) is 0 Å². The lowest BCUT2D eigenvalue weighted by Gasteiger charge is -2.07. The van der Waals surface area contributed by atoms with Gasteiger partial charge in [-0.3, -0.25) is 0 Å². The minimum atomic E-state index is 0.294. The summed E-state index contributed by atoms with van der Waals surface area (Å²) in [6.45, 7) is 2.38. The Bertz CT molecular complexity index is 731. The number of Topliss-reactive ketones (excluding diaryl/α,β-unsaturated/α-hetero) is 1. The maximum atomic E-state index is 10.8. The molecular formula is C21H28N4O2. The van der Waals surface area contributed by atoms with Crippen LogP contribution in [0.5, 0.6) is 5.75 Å². The first-order valence-corrected chi connectivity index (χ1v) is 9.74. The van der Waals surface area contributed by atoms with Crippen LogP contribution in [0.3, 0.4) is 0 Å². The van der Waals surface area contributed by atoms with Crippen molar-refractivity contribution in [3.05, 3.63) is 30.0 Å². The fourth-order valence-electron chi connectivity index (χ4n) is 2.95. The number of ketones is 1. The third kappa shape index (κ3) is 7.61. The van der Waals surface area contributed by atoms with Crippen LogP contribution in [0.15, 0.2) is 24.3 Å². The highest BCUT2D eigenvalue weighted by Gasteiger charge is 2.09. The summed E-state index contributed by atoms with van der Waals surface area (Å²) in [7, 11) is 0. The van der Waals surface area contributed by atoms with Gasteiger partial charge in [0, 0.05) is 12.0 Å². The molecular weight excluding hydrogens is 340 g/mol. The Morgan fingerprint density at radius 3 is 2.26 bits per heavy atom. The van der Waals surface area contributed by atoms with Gasteiger partial charge in [0.25, 0.3) is 0 Å². The Hall–Kier alpha value is -2.68. The van der Waals surface area contributed by atoms with E-state index in [-0.39, 0.29) is 0 Å². The summed E-state index contributed by atoms with van der Waals surface area (Å²) >= 11 is 0. The van der Waals surface area contributed by atoms with Crippen LogP contribution in [0.1, 0.15) is 70.4 Å². The predicted molar refractivity (Wildman–Crippen MR) is 104 cm³/mol. The normalized spacial score (nSPS) is 10.5. The SMILES string of the molecule is CC(=O)CCCCCCCCCCOc1ccc(-c2n[nH]nc2C#N)cc1. The van der Waals surface area contributed by atoms with Crippen molar-refractivity contribution >= 4 is 5.78 Å². The molecule has 2 aromatic rings. The molecule has 27 heavy (non-hydrogen) atoms. The molecule has 1 aromatic carbocycles. The number of nitrogens with one attached hydrogen (secondary N) is 1. The Labute approximate surface area is 160 Å². The standard InChI is InChI=1S/C21H28N4O2/c1-17(26)10-8-6-4-2-3-5-7-9-15-27-19-13-11-18(12-14-19)21-20(16-22)23-25-24-21/h11-14H,2-10,15H2,1H3,(H,23,24,25). The second-order valence-corrected chi connectivity index (χ2v) is 6.79. The molecule has 1 aromatic heterocycles. The quantitative estimate of drug-likeness (QED) is 0.512. The summed E-state index contributed by atoms with van der Waals surface area (Å²) in [5.41, 5.74) is 1.70. The van der Waals surface area contributed by atoms with Crippen LogP contribution in [0.4, 0.5) is 0 Å². The topological polar surface area (TPSA) is 91.7 Å². The molecule has 0 unspecified atom stereocenters. The zero-order chi connectivity index (χ0) is 19.3. The zero-order valence-electron chi connectivity index (χ0n) is 16.0. The maximum absolute atomic E-state index is 10.8. The summed E-state index contributed by atoms with van der Waals surface area (Å²) in [4.78, 5) is 10.8. The van der Waals surface area contributed by atoms with Gasteiger partial charge < -0.3 is 9.53 Å². The summed E-state index contributed by atoms with van der Waals surface area (Å²) in [5.74, 6) is 1.13. The van der Waals surface area contributed by atoms with Crippen molar-refractivity contribution in [3.8, 4) is 23.1 Å². The summed E-state index contributed by atoms with van der Waals surface area (Å²) in [6, 6.07) is 9.58. The summed E-state index contributed by atoms with van der Waals surface area (Å²) < 4.78 is 5.78. The molecule has 0 atom stereocenters. The highest BCUT2D eigenvalue weighted by atomic mass is 16.5. The van der Waals surface area contributed by atoms with Gasteiger partial charge in [-0.1, -0.05) is 38.5 Å². The van der Waals surface area contributed by atoms with Crippen LogP contribution in [0.2, 0.25) is 0 Å². The number of hydrogen-bond acceptors (Lipinski definition) is 5. The van der Waals surface area contributed by atoms with Crippen LogP contribution in [-0.4, -0.2) is 27.8 Å². The van der Waals surface area contributed by atoms with Gasteiger partial charge in [0.05, 0.1) is 6.61 Å². The molecule has 0 saturated heterocycles. The third-order valence-corrected chi connectivity index (χ3v) is 4.47. The van der Waals surface area contributed by atoms with Crippen molar-refractivity contribution in [2.75, 3.05) is 6.61 Å². The largest absolute Gasteiger partial charge is 0.494 e. The van der Waals surface area contributed by atoms with Gasteiger partial charge in [0.15, 0.2) is 5.69 Å². The monoisotopic (exact) mass is 368 g/mol. The molecule has 0 aliphatic carbocycles. The lowest BCUT2D eigenvalue weighted by molar-refractivity contribution is -0.117. The second kappa shape index (κ2) is 11.8. The molecule has 1 N–H and O–H groups in total. The average Bonchev–Trinajstić information content (AvgIpc) is 3.15. The van der Waals surface area contributed by atoms with Crippen LogP contribution in [-0.2, 0) is 4.79 Å². The number of aromatic nitrogens is 3. The number of benzene rings is 1. The Morgan fingerprint density at radius 1 is 1.00 bits per heavy atom. The van der Waals surface area contributed by atoms with E-state index >= 15 is 0 Å². The minimum Gasteiger partial charge on any atom is -0.494 e. The van der Waals surface area contributed by atoms with Crippen LogP contribution in [0, 0.1) is 11.3 Å². The number of hydrogen-bond donors (Lipinski definition) is 1. The van der Waals surface area contributed by atoms with E-state index in [0.29, 0.717) is 23.8 Å². The number of rotatable bonds is 13. The fourth-order valence-corrected chi connectivity index (χ4v) is 2.95. The van der Waals surface area contributed by atoms with Crippen molar-refractivity contribution in [3.63, 3.8) is 0 Å². The average molecular weight is 368 g/mol. The number of ether oxygens (including phenoxy) is 1. The molecule has 0 fully saturated rings. The van der Waals surface area contributed by atoms with E-state index in [2.05, 4.69) is 15.4 Å². The Morgan fingerprint density at radius 2 is 1.63 bits per heavy atom. The maximum Gasteiger partial charge on any atom is 0.190 e. The molecule has 0 bridgehead atoms. The first kappa shape index (κ1) is 20.6. The first-order valence-electron chi connectivity index (χ1n) is 9.74. The molecule has 0 saturated carbocycles. The van der Waals surface area contributed by atoms with Crippen molar-refractivity contribution in [1.82, 2.24) is 15.4 Å². The Kier molecular flexibility index (Phi) is 9.05. The molecule has 0 aliphatic rings. The van der Waals surface area contributed by atoms with Crippen molar-refractivity contribution in [2.24, 2.45) is 0 Å². The van der Waals surface area contributed by atoms with E-state index in [9.17, 15) is 4.79 Å². The molecule has 6 nitrogen and oxygen atoms in total. The molecule has 6 heteroatoms. The minimum absolute atomic E-state index is 0.294. The van der Waals surface area contributed by atoms with Gasteiger partial charge in [-0.2, -0.15) is 15.6 Å². The van der Waals surface area contributed by atoms with Gasteiger partial charge >= 0.3 is 0 Å². The van der Waals surface area contributed by atoms with Crippen LogP contribution < -0.4 is 4.74 Å². The Balaban J connectivity index is 1.54. The van der Waals surface area contributed by atoms with Crippen molar-refractivity contribution in [1.29, 1.82) is 5.26 Å². The second-order valence-electron chi connectivity index (χ2n) is 6.79. The predicted octanol–water partition coefficient (Wildman–Crippen LogP) is 4.82. The number of unbranched alkanes of at least 4 members (excludes halogenated alkanes) is 7. The summed E-state index contributed by atoms with van der Waals surface area (Å²) in [5, 5.41) is 19.3. The van der Waals surface area contributed by atoms with E-state index in [0.717, 1.165) is 30.6 Å². The zero-order valence-corrected chi connectivity index (χ0v) is 16.0. The van der Waals surface area contributed by atoms with Gasteiger partial charge in [-0.15, -0.1) is 5.10 Å². The number of carbonyl (C=O) groups excluding carboxylic acids is 1. The van der Waals surface area contributed by atoms with E-state index in [1.165, 1.54) is 38.5 Å². The van der Waals surface area contributed by atoms with Gasteiger partial charge in [-0.05, 0) is 44.0 Å². The lowest BCUT2D eigenvalue weighted by atomic mass is 10.1. The number of nitrogens with zero attached hydrogens (tertiary/aromatic N) is 3. The molecule has 2 rings (SSSR count). The van der Waals surface area contributed by atoms with E-state index < -0.39 is 0 Å². The van der Waals surface area contributed by atoms with Crippen molar-refractivity contribution in [2.45, 2.75) is 64.7 Å². The highest BCUT2D eigenvalue weighted by molar-refractivity contribution is 5.75. The molecule has 0 spiro atoms. The van der Waals surface area contributed by atoms with Gasteiger partial charge in [-0.25, -0.2) is 0 Å². The number of aromatic amines is 1. The fraction of sp³-hybridized carbons (Fsp3) is 0.524. The van der Waals surface area contributed by atoms with E-state index in [1.807, 2.05) is 30.3 Å². The molecule has 0 amide bonds. The van der Waals surface area contributed by atoms with Crippen LogP contribution in [0.25, 0.3) is 11.3 Å². The van der Waals surface area contributed by atoms with E-state index in [1.54, 1.807) is 6.92 Å². The number of carbonyl (C=O) groups is 1. The van der Waals surface area contributed by atoms with Crippen LogP contribution >= 0.6 is 0 Å². The highest BCUT2D eigenvalue weighted by Crippen LogP contribution is 2.22. The third-order valence-electron chi connectivity index (χ3n) is 4.47. The van der Waals surface area contributed by atoms with E-state index in [4.69, 9.17) is 10.00 Å². The molecule has 1 heterocycles. The number of nitriles is 1. The summed E-state index contributed by atoms with van der Waals surface area (Å²) in [6.07, 6.45) is 10.1. The van der Waals surface area contributed by atoms with Crippen molar-refractivity contribution < 1.29 is 9.53 Å². The molecule has 144 valence electrons. The molecule has 0 radical (unpaired) electrons. The first-order chi connectivity index (χ1) is 13.2. The number of H-pyrrole nitrogens is 1. The van der Waals surface area contributed by atoms with Gasteiger partial charge in [0.1, 0.15) is 23.3 Å². The molecule has 0 aliphatic heterocycles. The lowest BCUT2D eigenvalue weighted by Crippen LogP contribution is -1.97.